The highest BCUT2D eigenvalue weighted by molar-refractivity contribution is 5.97. The maximum Gasteiger partial charge on any atom is 0.253 e. The highest BCUT2D eigenvalue weighted by Gasteiger charge is 2.24. The number of rotatable bonds is 6. The molecule has 2 amide bonds. The zero-order chi connectivity index (χ0) is 18.4. The van der Waals surface area contributed by atoms with Crippen LogP contribution in [0, 0.1) is 5.92 Å². The molecule has 0 spiro atoms. The summed E-state index contributed by atoms with van der Waals surface area (Å²) in [5, 5.41) is 2.86. The Labute approximate surface area is 150 Å². The van der Waals surface area contributed by atoms with Crippen molar-refractivity contribution in [2.75, 3.05) is 45.7 Å². The molecular weight excluding hydrogens is 318 g/mol. The molecule has 0 saturated carbocycles. The minimum atomic E-state index is -0.475. The number of benzene rings is 1. The first-order chi connectivity index (χ1) is 12.0. The molecule has 0 bridgehead atoms. The maximum absolute atomic E-state index is 12.5. The second-order valence-electron chi connectivity index (χ2n) is 6.70. The van der Waals surface area contributed by atoms with E-state index in [0.29, 0.717) is 11.3 Å². The molecule has 1 heterocycles. The Morgan fingerprint density at radius 1 is 1.16 bits per heavy atom. The van der Waals surface area contributed by atoms with Crippen LogP contribution in [0.3, 0.4) is 0 Å². The molecule has 1 aromatic rings. The van der Waals surface area contributed by atoms with Gasteiger partial charge >= 0.3 is 0 Å². The molecule has 0 unspecified atom stereocenters. The predicted octanol–water partition coefficient (Wildman–Crippen LogP) is 2.07. The van der Waals surface area contributed by atoms with E-state index >= 15 is 0 Å². The van der Waals surface area contributed by atoms with Crippen molar-refractivity contribution < 1.29 is 14.3 Å². The standard InChI is InChI=1S/C19H29N3O3/c1-5-14(2)17(25-4)18(23)20-16-8-6-15(7-9-16)19(24)22-12-10-21(3)11-13-22/h6-9,14,17H,5,10-13H2,1-4H3,(H,20,23)/t14-,17+/m1/s1. The van der Waals surface area contributed by atoms with Crippen LogP contribution in [0.4, 0.5) is 5.69 Å². The van der Waals surface area contributed by atoms with Gasteiger partial charge < -0.3 is 19.9 Å². The molecule has 138 valence electrons. The molecule has 6 heteroatoms. The van der Waals surface area contributed by atoms with Crippen LogP contribution in [-0.4, -0.2) is 68.1 Å². The first-order valence-electron chi connectivity index (χ1n) is 8.87. The van der Waals surface area contributed by atoms with Gasteiger partial charge in [-0.1, -0.05) is 20.3 Å². The van der Waals surface area contributed by atoms with E-state index in [2.05, 4.69) is 17.3 Å². The lowest BCUT2D eigenvalue weighted by atomic mass is 10.0. The topological polar surface area (TPSA) is 61.9 Å². The van der Waals surface area contributed by atoms with E-state index in [4.69, 9.17) is 4.74 Å². The first-order valence-corrected chi connectivity index (χ1v) is 8.87. The minimum Gasteiger partial charge on any atom is -0.371 e. The number of carbonyl (C=O) groups excluding carboxylic acids is 2. The van der Waals surface area contributed by atoms with E-state index in [1.807, 2.05) is 18.7 Å². The molecule has 0 aliphatic carbocycles. The van der Waals surface area contributed by atoms with Crippen molar-refractivity contribution in [1.82, 2.24) is 9.80 Å². The van der Waals surface area contributed by atoms with Gasteiger partial charge in [0.1, 0.15) is 6.10 Å². The molecule has 1 aliphatic heterocycles. The zero-order valence-corrected chi connectivity index (χ0v) is 15.6. The van der Waals surface area contributed by atoms with Gasteiger partial charge in [0.25, 0.3) is 11.8 Å². The molecule has 1 fully saturated rings. The smallest absolute Gasteiger partial charge is 0.253 e. The van der Waals surface area contributed by atoms with E-state index in [0.717, 1.165) is 32.6 Å². The van der Waals surface area contributed by atoms with Crippen LogP contribution in [0.2, 0.25) is 0 Å². The molecule has 1 saturated heterocycles. The number of piperazine rings is 1. The first kappa shape index (κ1) is 19.4. The van der Waals surface area contributed by atoms with E-state index < -0.39 is 6.10 Å². The number of hydrogen-bond acceptors (Lipinski definition) is 4. The summed E-state index contributed by atoms with van der Waals surface area (Å²) in [4.78, 5) is 28.9. The Hall–Kier alpha value is -1.92. The van der Waals surface area contributed by atoms with Gasteiger partial charge in [-0.2, -0.15) is 0 Å². The van der Waals surface area contributed by atoms with E-state index in [1.165, 1.54) is 0 Å². The van der Waals surface area contributed by atoms with Crippen LogP contribution in [-0.2, 0) is 9.53 Å². The third kappa shape index (κ3) is 5.03. The third-order valence-electron chi connectivity index (χ3n) is 4.86. The summed E-state index contributed by atoms with van der Waals surface area (Å²) < 4.78 is 5.31. The van der Waals surface area contributed by atoms with Crippen molar-refractivity contribution in [2.24, 2.45) is 5.92 Å². The van der Waals surface area contributed by atoms with Crippen molar-refractivity contribution in [3.63, 3.8) is 0 Å². The quantitative estimate of drug-likeness (QED) is 0.856. The monoisotopic (exact) mass is 347 g/mol. The third-order valence-corrected chi connectivity index (χ3v) is 4.86. The number of amides is 2. The van der Waals surface area contributed by atoms with Crippen LogP contribution in [0.25, 0.3) is 0 Å². The Morgan fingerprint density at radius 3 is 2.28 bits per heavy atom. The molecule has 2 atom stereocenters. The van der Waals surface area contributed by atoms with Crippen LogP contribution in [0.15, 0.2) is 24.3 Å². The van der Waals surface area contributed by atoms with Gasteiger partial charge in [0, 0.05) is 44.5 Å². The number of nitrogens with one attached hydrogen (secondary N) is 1. The summed E-state index contributed by atoms with van der Waals surface area (Å²) in [7, 11) is 3.61. The Kier molecular flexibility index (Phi) is 6.96. The van der Waals surface area contributed by atoms with Crippen molar-refractivity contribution >= 4 is 17.5 Å². The average molecular weight is 347 g/mol. The summed E-state index contributed by atoms with van der Waals surface area (Å²) in [5.74, 6) is 0.0263. The number of ether oxygens (including phenoxy) is 1. The molecule has 1 N–H and O–H groups in total. The van der Waals surface area contributed by atoms with Crippen molar-refractivity contribution in [3.8, 4) is 0 Å². The SMILES string of the molecule is CC[C@@H](C)[C@H](OC)C(=O)Nc1ccc(C(=O)N2CCN(C)CC2)cc1. The Bertz CT molecular complexity index is 580. The molecule has 0 aromatic heterocycles. The minimum absolute atomic E-state index is 0.0420. The lowest BCUT2D eigenvalue weighted by molar-refractivity contribution is -0.128. The lowest BCUT2D eigenvalue weighted by Crippen LogP contribution is -2.47. The number of likely N-dealkylation sites (N-methyl/N-ethyl adjacent to an activating group) is 1. The molecule has 0 radical (unpaired) electrons. The van der Waals surface area contributed by atoms with Crippen molar-refractivity contribution in [2.45, 2.75) is 26.4 Å². The number of hydrogen-bond donors (Lipinski definition) is 1. The predicted molar refractivity (Wildman–Crippen MR) is 98.7 cm³/mol. The van der Waals surface area contributed by atoms with Crippen LogP contribution >= 0.6 is 0 Å². The van der Waals surface area contributed by atoms with Crippen molar-refractivity contribution in [3.05, 3.63) is 29.8 Å². The van der Waals surface area contributed by atoms with Gasteiger partial charge in [-0.25, -0.2) is 0 Å². The zero-order valence-electron chi connectivity index (χ0n) is 15.6. The molecule has 1 aliphatic rings. The van der Waals surface area contributed by atoms with Crippen LogP contribution in [0.1, 0.15) is 30.6 Å². The number of methoxy groups -OCH3 is 1. The van der Waals surface area contributed by atoms with E-state index in [1.54, 1.807) is 31.4 Å². The number of carbonyl (C=O) groups is 2. The largest absolute Gasteiger partial charge is 0.371 e. The Morgan fingerprint density at radius 2 is 1.76 bits per heavy atom. The summed E-state index contributed by atoms with van der Waals surface area (Å²) in [6, 6.07) is 7.07. The van der Waals surface area contributed by atoms with Gasteiger partial charge in [0.15, 0.2) is 0 Å². The summed E-state index contributed by atoms with van der Waals surface area (Å²) in [6.07, 6.45) is 0.390. The summed E-state index contributed by atoms with van der Waals surface area (Å²) in [5.41, 5.74) is 1.32. The van der Waals surface area contributed by atoms with Crippen LogP contribution in [0.5, 0.6) is 0 Å². The fourth-order valence-electron chi connectivity index (χ4n) is 2.91. The highest BCUT2D eigenvalue weighted by Crippen LogP contribution is 2.16. The van der Waals surface area contributed by atoms with E-state index in [-0.39, 0.29) is 17.7 Å². The molecule has 1 aromatic carbocycles. The normalized spacial score (nSPS) is 17.8. The van der Waals surface area contributed by atoms with Gasteiger partial charge in [0.2, 0.25) is 0 Å². The lowest BCUT2D eigenvalue weighted by Gasteiger charge is -2.32. The van der Waals surface area contributed by atoms with Gasteiger partial charge in [-0.05, 0) is 37.2 Å². The van der Waals surface area contributed by atoms with Gasteiger partial charge in [0.05, 0.1) is 0 Å². The number of nitrogens with zero attached hydrogens (tertiary/aromatic N) is 2. The maximum atomic E-state index is 12.5. The van der Waals surface area contributed by atoms with Crippen molar-refractivity contribution in [1.29, 1.82) is 0 Å². The molecule has 6 nitrogen and oxygen atoms in total. The summed E-state index contributed by atoms with van der Waals surface area (Å²) in [6.45, 7) is 7.31. The van der Waals surface area contributed by atoms with Gasteiger partial charge in [-0.15, -0.1) is 0 Å². The van der Waals surface area contributed by atoms with E-state index in [9.17, 15) is 9.59 Å². The molecule has 25 heavy (non-hydrogen) atoms. The fourth-order valence-corrected chi connectivity index (χ4v) is 2.91. The van der Waals surface area contributed by atoms with Crippen LogP contribution < -0.4 is 5.32 Å². The van der Waals surface area contributed by atoms with Gasteiger partial charge in [-0.3, -0.25) is 9.59 Å². The Balaban J connectivity index is 1.97. The average Bonchev–Trinajstić information content (AvgIpc) is 2.62. The fraction of sp³-hybridized carbons (Fsp3) is 0.579. The molecular formula is C19H29N3O3. The summed E-state index contributed by atoms with van der Waals surface area (Å²) >= 11 is 0. The highest BCUT2D eigenvalue weighted by atomic mass is 16.5. The second kappa shape index (κ2) is 8.97. The number of anilines is 1. The molecule has 2 rings (SSSR count). The second-order valence-corrected chi connectivity index (χ2v) is 6.70.